The van der Waals surface area contributed by atoms with Crippen molar-refractivity contribution < 1.29 is 36.6 Å². The Morgan fingerprint density at radius 1 is 1.24 bits per heavy atom. The van der Waals surface area contributed by atoms with E-state index in [2.05, 4.69) is 39.1 Å². The summed E-state index contributed by atoms with van der Waals surface area (Å²) in [4.78, 5) is 19.8. The summed E-state index contributed by atoms with van der Waals surface area (Å²) in [5.74, 6) is 0.173. The number of aliphatic hydroxyl groups is 2. The Morgan fingerprint density at radius 2 is 1.90 bits per heavy atom. The van der Waals surface area contributed by atoms with Gasteiger partial charge < -0.3 is 26.2 Å². The first-order valence-corrected chi connectivity index (χ1v) is 14.3. The molecule has 14 heteroatoms. The lowest BCUT2D eigenvalue weighted by atomic mass is 10.2. The van der Waals surface area contributed by atoms with Crippen LogP contribution in [0.2, 0.25) is 0 Å². The molecule has 1 heterocycles. The third-order valence-electron chi connectivity index (χ3n) is 6.22. The first kappa shape index (κ1) is 33.7. The Balaban J connectivity index is 2.56. The van der Waals surface area contributed by atoms with E-state index in [-0.39, 0.29) is 49.9 Å². The van der Waals surface area contributed by atoms with Crippen LogP contribution < -0.4 is 16.0 Å². The van der Waals surface area contributed by atoms with Crippen molar-refractivity contribution in [1.82, 2.24) is 20.6 Å². The number of anilines is 1. The minimum absolute atomic E-state index is 0.0238. The summed E-state index contributed by atoms with van der Waals surface area (Å²) in [6, 6.07) is 0.374. The van der Waals surface area contributed by atoms with Crippen molar-refractivity contribution in [3.05, 3.63) is 71.2 Å². The number of alkyl halides is 3. The predicted molar refractivity (Wildman–Crippen MR) is 151 cm³/mol. The largest absolute Gasteiger partial charge is 0.417 e. The van der Waals surface area contributed by atoms with Crippen LogP contribution in [0.25, 0.3) is 5.57 Å². The van der Waals surface area contributed by atoms with Gasteiger partial charge in [-0.05, 0) is 52.2 Å². The smallest absolute Gasteiger partial charge is 0.396 e. The van der Waals surface area contributed by atoms with Crippen molar-refractivity contribution in [1.29, 1.82) is 0 Å². The number of amides is 2. The third-order valence-corrected chi connectivity index (χ3v) is 8.74. The molecule has 10 nitrogen and oxygen atoms in total. The molecular weight excluding hydrogens is 563 g/mol. The average molecular weight is 600 g/mol. The fraction of sp³-hybridized carbons (Fsp3) is 0.444. The minimum Gasteiger partial charge on any atom is -0.396 e. The Hall–Kier alpha value is -3.49. The van der Waals surface area contributed by atoms with Crippen molar-refractivity contribution >= 4 is 27.3 Å². The second-order valence-electron chi connectivity index (χ2n) is 9.44. The first-order chi connectivity index (χ1) is 19.2. The van der Waals surface area contributed by atoms with Gasteiger partial charge in [-0.25, -0.2) is 23.2 Å². The summed E-state index contributed by atoms with van der Waals surface area (Å²) in [7, 11) is -4.60. The molecule has 1 atom stereocenters. The fourth-order valence-electron chi connectivity index (χ4n) is 3.82. The quantitative estimate of drug-likeness (QED) is 0.160. The highest BCUT2D eigenvalue weighted by atomic mass is 32.2. The zero-order valence-corrected chi connectivity index (χ0v) is 24.0. The van der Waals surface area contributed by atoms with E-state index in [0.29, 0.717) is 23.8 Å². The molecular formula is C27H36F3N5O5S. The van der Waals surface area contributed by atoms with Crippen molar-refractivity contribution in [2.45, 2.75) is 57.0 Å². The summed E-state index contributed by atoms with van der Waals surface area (Å²) < 4.78 is 66.0. The topological polar surface area (TPSA) is 154 Å². The van der Waals surface area contributed by atoms with Gasteiger partial charge in [0.05, 0.1) is 22.8 Å². The molecule has 2 rings (SSSR count). The molecule has 1 aliphatic carbocycles. The summed E-state index contributed by atoms with van der Waals surface area (Å²) in [5, 5.41) is 26.4. The van der Waals surface area contributed by atoms with Crippen molar-refractivity contribution in [2.75, 3.05) is 25.1 Å². The number of carbonyl (C=O) groups is 1. The van der Waals surface area contributed by atoms with E-state index >= 15 is 0 Å². The van der Waals surface area contributed by atoms with Gasteiger partial charge in [-0.3, -0.25) is 0 Å². The average Bonchev–Trinajstić information content (AvgIpc) is 3.71. The highest BCUT2D eigenvalue weighted by molar-refractivity contribution is 7.96. The van der Waals surface area contributed by atoms with Gasteiger partial charge in [0.1, 0.15) is 10.6 Å². The molecule has 2 amide bonds. The van der Waals surface area contributed by atoms with E-state index in [0.717, 1.165) is 6.92 Å². The number of nitrogens with zero attached hydrogens (tertiary/aromatic N) is 2. The Morgan fingerprint density at radius 3 is 2.41 bits per heavy atom. The number of urea groups is 1. The van der Waals surface area contributed by atoms with E-state index in [4.69, 9.17) is 5.11 Å². The molecule has 226 valence electrons. The van der Waals surface area contributed by atoms with Crippen LogP contribution in [0.15, 0.2) is 59.7 Å². The van der Waals surface area contributed by atoms with E-state index in [1.54, 1.807) is 13.8 Å². The van der Waals surface area contributed by atoms with Gasteiger partial charge in [-0.1, -0.05) is 25.3 Å². The molecule has 1 aromatic rings. The lowest BCUT2D eigenvalue weighted by Gasteiger charge is -2.22. The second-order valence-corrected chi connectivity index (χ2v) is 11.7. The number of aromatic nitrogens is 2. The maximum absolute atomic E-state index is 13.6. The van der Waals surface area contributed by atoms with Crippen LogP contribution in [0.3, 0.4) is 0 Å². The van der Waals surface area contributed by atoms with Crippen LogP contribution in [0.1, 0.15) is 51.6 Å². The molecule has 0 aliphatic heterocycles. The molecule has 41 heavy (non-hydrogen) atoms. The molecule has 5 N–H and O–H groups in total. The highest BCUT2D eigenvalue weighted by Crippen LogP contribution is 2.56. The zero-order valence-electron chi connectivity index (χ0n) is 23.2. The van der Waals surface area contributed by atoms with Crippen molar-refractivity contribution in [3.8, 4) is 0 Å². The Bertz CT molecular complexity index is 1350. The van der Waals surface area contributed by atoms with Gasteiger partial charge in [0.2, 0.25) is 0 Å². The number of halogens is 3. The van der Waals surface area contributed by atoms with Gasteiger partial charge in [0.25, 0.3) is 0 Å². The molecule has 0 saturated heterocycles. The van der Waals surface area contributed by atoms with Crippen LogP contribution in [-0.4, -0.2) is 66.6 Å². The summed E-state index contributed by atoms with van der Waals surface area (Å²) in [6.07, 6.45) is 0.669. The number of rotatable bonds is 14. The normalized spacial score (nSPS) is 16.5. The fourth-order valence-corrected chi connectivity index (χ4v) is 5.83. The van der Waals surface area contributed by atoms with Crippen molar-refractivity contribution in [2.24, 2.45) is 0 Å². The summed E-state index contributed by atoms with van der Waals surface area (Å²) in [6.45, 7) is 11.3. The molecule has 1 saturated carbocycles. The number of carbonyl (C=O) groups excluding carboxylic acids is 1. The molecule has 1 fully saturated rings. The maximum atomic E-state index is 13.6. The third kappa shape index (κ3) is 8.27. The second kappa shape index (κ2) is 13.9. The maximum Gasteiger partial charge on any atom is 0.417 e. The lowest BCUT2D eigenvalue weighted by molar-refractivity contribution is -0.0887. The van der Waals surface area contributed by atoms with E-state index < -0.39 is 43.3 Å². The molecule has 1 aliphatic rings. The van der Waals surface area contributed by atoms with Gasteiger partial charge in [0.15, 0.2) is 15.7 Å². The van der Waals surface area contributed by atoms with Crippen LogP contribution in [-0.2, 0) is 14.6 Å². The van der Waals surface area contributed by atoms with Gasteiger partial charge in [0, 0.05) is 36.5 Å². The SMILES string of the molecule is C=C/C(=C\C=C(/C)NC(=O)NCCCO)c1nc(N[C@@H](C)CO)cc(C2(S(=O)(=O)C(=C)/C(=C\C)C(F)(F)F)CC2)n1. The zero-order chi connectivity index (χ0) is 31.0. The molecule has 0 radical (unpaired) electrons. The van der Waals surface area contributed by atoms with E-state index in [1.165, 1.54) is 24.3 Å². The minimum atomic E-state index is -4.91. The molecule has 0 bridgehead atoms. The Kier molecular flexibility index (Phi) is 11.4. The van der Waals surface area contributed by atoms with Crippen LogP contribution >= 0.6 is 0 Å². The van der Waals surface area contributed by atoms with E-state index in [9.17, 15) is 31.5 Å². The monoisotopic (exact) mass is 599 g/mol. The lowest BCUT2D eigenvalue weighted by Crippen LogP contribution is -2.35. The Labute approximate surface area is 237 Å². The molecule has 0 unspecified atom stereocenters. The number of aliphatic hydroxyl groups excluding tert-OH is 2. The first-order valence-electron chi connectivity index (χ1n) is 12.8. The van der Waals surface area contributed by atoms with Crippen molar-refractivity contribution in [3.63, 3.8) is 0 Å². The molecule has 0 aromatic carbocycles. The van der Waals surface area contributed by atoms with Crippen LogP contribution in [0.4, 0.5) is 23.8 Å². The van der Waals surface area contributed by atoms with E-state index in [1.807, 2.05) is 0 Å². The number of hydrogen-bond donors (Lipinski definition) is 5. The number of nitrogens with one attached hydrogen (secondary N) is 3. The predicted octanol–water partition coefficient (Wildman–Crippen LogP) is 3.85. The van der Waals surface area contributed by atoms with Gasteiger partial charge >= 0.3 is 12.2 Å². The summed E-state index contributed by atoms with van der Waals surface area (Å²) in [5.41, 5.74) is -0.614. The highest BCUT2D eigenvalue weighted by Gasteiger charge is 2.60. The van der Waals surface area contributed by atoms with Gasteiger partial charge in [-0.2, -0.15) is 13.2 Å². The van der Waals surface area contributed by atoms with Gasteiger partial charge in [-0.15, -0.1) is 0 Å². The number of hydrogen-bond acceptors (Lipinski definition) is 8. The van der Waals surface area contributed by atoms with Crippen LogP contribution in [0.5, 0.6) is 0 Å². The summed E-state index contributed by atoms with van der Waals surface area (Å²) >= 11 is 0. The molecule has 0 spiro atoms. The van der Waals surface area contributed by atoms with Crippen LogP contribution in [0, 0.1) is 0 Å². The molecule has 1 aromatic heterocycles. The number of allylic oxidation sites excluding steroid dienone is 7. The number of sulfone groups is 1. The standard InChI is InChI=1S/C27H36F3N5O5S/c1-6-20(10-9-17(3)33-25(38)31-13-8-14-36)24-34-22(15-23(35-24)32-18(4)16-37)26(11-12-26)41(39,40)19(5)21(7-2)27(28,29)30/h6-7,9-10,15,18,36-37H,1,5,8,11-14,16H2,2-4H3,(H2,31,33,38)(H,32,34,35)/b17-9+,20-10+,21-7+/t18-/m0/s1.